The molecule has 0 aliphatic carbocycles. The molecule has 1 rings (SSSR count). The average molecular weight is 277 g/mol. The molecule has 0 amide bonds. The lowest BCUT2D eigenvalue weighted by molar-refractivity contribution is 0.451. The first-order valence-electron chi connectivity index (χ1n) is 8.62. The Morgan fingerprint density at radius 1 is 0.750 bits per heavy atom. The van der Waals surface area contributed by atoms with Crippen LogP contribution in [0.1, 0.15) is 88.2 Å². The van der Waals surface area contributed by atoms with E-state index in [0.29, 0.717) is 0 Å². The van der Waals surface area contributed by atoms with Crippen molar-refractivity contribution in [1.82, 2.24) is 0 Å². The van der Waals surface area contributed by atoms with Gasteiger partial charge in [-0.25, -0.2) is 4.42 Å². The minimum Gasteiger partial charge on any atom is -0.218 e. The van der Waals surface area contributed by atoms with Crippen LogP contribution in [0.3, 0.4) is 0 Å². The van der Waals surface area contributed by atoms with E-state index in [9.17, 15) is 0 Å². The summed E-state index contributed by atoms with van der Waals surface area (Å²) < 4.78 is 5.74. The summed E-state index contributed by atoms with van der Waals surface area (Å²) in [5.74, 6) is 2.19. The second kappa shape index (κ2) is 10.9. The van der Waals surface area contributed by atoms with Crippen molar-refractivity contribution < 1.29 is 4.42 Å². The second-order valence-corrected chi connectivity index (χ2v) is 6.14. The fourth-order valence-electron chi connectivity index (χ4n) is 2.79. The van der Waals surface area contributed by atoms with Crippen LogP contribution in [-0.2, 0) is 6.42 Å². The van der Waals surface area contributed by atoms with Crippen molar-refractivity contribution in [2.45, 2.75) is 91.4 Å². The molecule has 1 aromatic rings. The van der Waals surface area contributed by atoms with Crippen LogP contribution >= 0.6 is 0 Å². The summed E-state index contributed by atoms with van der Waals surface area (Å²) in [7, 11) is 0. The summed E-state index contributed by atoms with van der Waals surface area (Å²) in [6, 6.07) is 4.28. The maximum atomic E-state index is 5.74. The smallest absolute Gasteiger partial charge is 0.218 e. The van der Waals surface area contributed by atoms with Crippen molar-refractivity contribution in [3.05, 3.63) is 29.2 Å². The highest BCUT2D eigenvalue weighted by Crippen LogP contribution is 2.14. The molecular formula is C19H33O+. The first-order valence-corrected chi connectivity index (χ1v) is 8.62. The lowest BCUT2D eigenvalue weighted by Gasteiger charge is -2.01. The van der Waals surface area contributed by atoms with Gasteiger partial charge in [0, 0.05) is 12.1 Å². The van der Waals surface area contributed by atoms with Gasteiger partial charge < -0.3 is 0 Å². The fourth-order valence-corrected chi connectivity index (χ4v) is 2.79. The SMILES string of the molecule is CCCCCCCCCCCCc1cc(C)cc(C)[o+]1. The standard InChI is InChI=1S/C19H33O/c1-4-5-6-7-8-9-10-11-12-13-14-19-16-17(2)15-18(3)20-19/h15-16H,4-14H2,1-3H3/q+1. The highest BCUT2D eigenvalue weighted by Gasteiger charge is 2.10. The van der Waals surface area contributed by atoms with Crippen molar-refractivity contribution in [3.63, 3.8) is 0 Å². The van der Waals surface area contributed by atoms with E-state index in [1.165, 1.54) is 69.8 Å². The van der Waals surface area contributed by atoms with Gasteiger partial charge in [0.1, 0.15) is 0 Å². The summed E-state index contributed by atoms with van der Waals surface area (Å²) in [5.41, 5.74) is 1.32. The molecule has 0 radical (unpaired) electrons. The maximum absolute atomic E-state index is 5.74. The summed E-state index contributed by atoms with van der Waals surface area (Å²) in [5, 5.41) is 0. The molecule has 0 fully saturated rings. The molecule has 0 bridgehead atoms. The Morgan fingerprint density at radius 2 is 1.30 bits per heavy atom. The van der Waals surface area contributed by atoms with Gasteiger partial charge in [0.05, 0.1) is 13.3 Å². The zero-order valence-corrected chi connectivity index (χ0v) is 13.8. The largest absolute Gasteiger partial charge is 0.329 e. The van der Waals surface area contributed by atoms with Crippen LogP contribution in [0.5, 0.6) is 0 Å². The Balaban J connectivity index is 1.97. The highest BCUT2D eigenvalue weighted by molar-refractivity contribution is 5.15. The van der Waals surface area contributed by atoms with E-state index >= 15 is 0 Å². The van der Waals surface area contributed by atoms with E-state index in [-0.39, 0.29) is 0 Å². The Bertz CT molecular complexity index is 337. The molecule has 114 valence electrons. The third-order valence-electron chi connectivity index (χ3n) is 3.89. The van der Waals surface area contributed by atoms with Crippen LogP contribution in [-0.4, -0.2) is 0 Å². The number of aryl methyl sites for hydroxylation is 3. The zero-order valence-electron chi connectivity index (χ0n) is 13.8. The van der Waals surface area contributed by atoms with Gasteiger partial charge in [-0.1, -0.05) is 64.7 Å². The number of hydrogen-bond donors (Lipinski definition) is 0. The third-order valence-corrected chi connectivity index (χ3v) is 3.89. The van der Waals surface area contributed by atoms with Gasteiger partial charge in [-0.05, 0) is 18.9 Å². The maximum Gasteiger partial charge on any atom is 0.329 e. The van der Waals surface area contributed by atoms with Crippen LogP contribution in [0.15, 0.2) is 16.5 Å². The van der Waals surface area contributed by atoms with Crippen molar-refractivity contribution in [3.8, 4) is 0 Å². The van der Waals surface area contributed by atoms with Crippen molar-refractivity contribution in [2.24, 2.45) is 0 Å². The monoisotopic (exact) mass is 277 g/mol. The van der Waals surface area contributed by atoms with Gasteiger partial charge in [-0.3, -0.25) is 0 Å². The van der Waals surface area contributed by atoms with Crippen molar-refractivity contribution in [2.75, 3.05) is 0 Å². The van der Waals surface area contributed by atoms with E-state index in [1.807, 2.05) is 6.92 Å². The Hall–Kier alpha value is -0.850. The first-order chi connectivity index (χ1) is 9.72. The zero-order chi connectivity index (χ0) is 14.6. The van der Waals surface area contributed by atoms with Crippen molar-refractivity contribution >= 4 is 0 Å². The van der Waals surface area contributed by atoms with Crippen molar-refractivity contribution in [1.29, 1.82) is 0 Å². The van der Waals surface area contributed by atoms with E-state index in [2.05, 4.69) is 26.0 Å². The molecule has 20 heavy (non-hydrogen) atoms. The fraction of sp³-hybridized carbons (Fsp3) is 0.737. The molecule has 0 aliphatic rings. The summed E-state index contributed by atoms with van der Waals surface area (Å²) in [4.78, 5) is 0. The third kappa shape index (κ3) is 8.35. The lowest BCUT2D eigenvalue weighted by atomic mass is 10.1. The van der Waals surface area contributed by atoms with E-state index < -0.39 is 0 Å². The average Bonchev–Trinajstić information content (AvgIpc) is 2.40. The summed E-state index contributed by atoms with van der Waals surface area (Å²) >= 11 is 0. The predicted molar refractivity (Wildman–Crippen MR) is 88.1 cm³/mol. The van der Waals surface area contributed by atoms with Crippen LogP contribution in [0.25, 0.3) is 0 Å². The lowest BCUT2D eigenvalue weighted by Crippen LogP contribution is -1.89. The molecule has 1 heteroatoms. The Morgan fingerprint density at radius 3 is 1.85 bits per heavy atom. The first kappa shape index (κ1) is 17.2. The molecule has 0 aliphatic heterocycles. The van der Waals surface area contributed by atoms with E-state index in [4.69, 9.17) is 4.42 Å². The molecule has 0 saturated carbocycles. The Kier molecular flexibility index (Phi) is 9.36. The number of hydrogen-bond acceptors (Lipinski definition) is 0. The molecule has 0 unspecified atom stereocenters. The minimum atomic E-state index is 1.03. The van der Waals surface area contributed by atoms with Gasteiger partial charge in [0.15, 0.2) is 0 Å². The summed E-state index contributed by atoms with van der Waals surface area (Å²) in [6.07, 6.45) is 15.0. The summed E-state index contributed by atoms with van der Waals surface area (Å²) in [6.45, 7) is 6.46. The van der Waals surface area contributed by atoms with Gasteiger partial charge >= 0.3 is 11.5 Å². The van der Waals surface area contributed by atoms with Gasteiger partial charge in [-0.2, -0.15) is 0 Å². The van der Waals surface area contributed by atoms with Gasteiger partial charge in [0.25, 0.3) is 0 Å². The molecular weight excluding hydrogens is 244 g/mol. The molecule has 0 saturated heterocycles. The topological polar surface area (TPSA) is 11.3 Å². The minimum absolute atomic E-state index is 1.03. The molecule has 1 nitrogen and oxygen atoms in total. The predicted octanol–water partition coefficient (Wildman–Crippen LogP) is 6.64. The van der Waals surface area contributed by atoms with Crippen LogP contribution in [0.4, 0.5) is 0 Å². The van der Waals surface area contributed by atoms with Gasteiger partial charge in [-0.15, -0.1) is 0 Å². The molecule has 1 aromatic heterocycles. The Labute approximate surface area is 125 Å². The van der Waals surface area contributed by atoms with Crippen LogP contribution in [0, 0.1) is 13.8 Å². The highest BCUT2D eigenvalue weighted by atomic mass is 16.3. The number of rotatable bonds is 11. The second-order valence-electron chi connectivity index (χ2n) is 6.14. The van der Waals surface area contributed by atoms with Crippen LogP contribution < -0.4 is 0 Å². The van der Waals surface area contributed by atoms with E-state index in [1.54, 1.807) is 0 Å². The van der Waals surface area contributed by atoms with Crippen LogP contribution in [0.2, 0.25) is 0 Å². The normalized spacial score (nSPS) is 10.9. The van der Waals surface area contributed by atoms with Gasteiger partial charge in [0.2, 0.25) is 0 Å². The molecule has 0 spiro atoms. The quantitative estimate of drug-likeness (QED) is 0.326. The molecule has 0 atom stereocenters. The van der Waals surface area contributed by atoms with E-state index in [0.717, 1.165) is 17.9 Å². The molecule has 0 N–H and O–H groups in total. The molecule has 0 aromatic carbocycles. The molecule has 1 heterocycles. The number of unbranched alkanes of at least 4 members (excludes halogenated alkanes) is 9.